The zero-order valence-corrected chi connectivity index (χ0v) is 9.47. The predicted octanol–water partition coefficient (Wildman–Crippen LogP) is 2.08. The molecule has 0 amide bonds. The zero-order chi connectivity index (χ0) is 12.0. The van der Waals surface area contributed by atoms with Gasteiger partial charge in [0, 0.05) is 6.61 Å². The normalized spacial score (nSPS) is 12.1. The summed E-state index contributed by atoms with van der Waals surface area (Å²) in [7, 11) is 0. The summed E-state index contributed by atoms with van der Waals surface area (Å²) in [6.07, 6.45) is -0.328. The number of ether oxygens (including phenoxy) is 2. The smallest absolute Gasteiger partial charge is 0.307 e. The molecule has 0 aliphatic heterocycles. The maximum absolute atomic E-state index is 10.5. The summed E-state index contributed by atoms with van der Waals surface area (Å²) in [5.41, 5.74) is 0.716. The van der Waals surface area contributed by atoms with Gasteiger partial charge in [-0.05, 0) is 31.5 Å². The van der Waals surface area contributed by atoms with Crippen LogP contribution in [0.5, 0.6) is 5.75 Å². The van der Waals surface area contributed by atoms with Crippen LogP contribution in [0, 0.1) is 0 Å². The van der Waals surface area contributed by atoms with E-state index in [0.29, 0.717) is 17.9 Å². The summed E-state index contributed by atoms with van der Waals surface area (Å²) in [5, 5.41) is 8.66. The van der Waals surface area contributed by atoms with E-state index in [0.717, 1.165) is 0 Å². The number of carboxylic acids is 1. The van der Waals surface area contributed by atoms with Crippen molar-refractivity contribution < 1.29 is 19.4 Å². The predicted molar refractivity (Wildman–Crippen MR) is 59.5 cm³/mol. The van der Waals surface area contributed by atoms with Crippen molar-refractivity contribution in [3.63, 3.8) is 0 Å². The van der Waals surface area contributed by atoms with E-state index in [-0.39, 0.29) is 12.7 Å². The molecule has 16 heavy (non-hydrogen) atoms. The summed E-state index contributed by atoms with van der Waals surface area (Å²) in [6, 6.07) is 7.02. The summed E-state index contributed by atoms with van der Waals surface area (Å²) in [6.45, 7) is 4.27. The molecular weight excluding hydrogens is 208 g/mol. The second-order valence-corrected chi connectivity index (χ2v) is 3.36. The minimum Gasteiger partial charge on any atom is -0.481 e. The van der Waals surface area contributed by atoms with Gasteiger partial charge in [-0.1, -0.05) is 12.1 Å². The number of hydrogen-bond acceptors (Lipinski definition) is 3. The monoisotopic (exact) mass is 224 g/mol. The van der Waals surface area contributed by atoms with Gasteiger partial charge in [0.15, 0.2) is 6.29 Å². The van der Waals surface area contributed by atoms with Gasteiger partial charge >= 0.3 is 5.97 Å². The first-order valence-corrected chi connectivity index (χ1v) is 5.20. The molecule has 0 radical (unpaired) electrons. The van der Waals surface area contributed by atoms with Crippen LogP contribution in [0.1, 0.15) is 19.4 Å². The summed E-state index contributed by atoms with van der Waals surface area (Å²) < 4.78 is 10.7. The van der Waals surface area contributed by atoms with Gasteiger partial charge in [0.25, 0.3) is 0 Å². The van der Waals surface area contributed by atoms with Gasteiger partial charge < -0.3 is 14.6 Å². The topological polar surface area (TPSA) is 55.8 Å². The van der Waals surface area contributed by atoms with Gasteiger partial charge in [-0.25, -0.2) is 0 Å². The fourth-order valence-corrected chi connectivity index (χ4v) is 1.36. The maximum Gasteiger partial charge on any atom is 0.307 e. The number of rotatable bonds is 6. The average molecular weight is 224 g/mol. The molecule has 0 spiro atoms. The molecule has 88 valence electrons. The number of carboxylic acid groups (broad SMARTS) is 1. The van der Waals surface area contributed by atoms with E-state index in [9.17, 15) is 4.79 Å². The van der Waals surface area contributed by atoms with Crippen LogP contribution in [0.3, 0.4) is 0 Å². The number of carbonyl (C=O) groups is 1. The number of hydrogen-bond donors (Lipinski definition) is 1. The lowest BCUT2D eigenvalue weighted by Crippen LogP contribution is -2.16. The van der Waals surface area contributed by atoms with Crippen LogP contribution in [0.25, 0.3) is 0 Å². The van der Waals surface area contributed by atoms with Crippen LogP contribution in [0.2, 0.25) is 0 Å². The van der Waals surface area contributed by atoms with Gasteiger partial charge in [-0.3, -0.25) is 4.79 Å². The SMILES string of the molecule is CCOC(C)Oc1cccc(CC(=O)O)c1. The second kappa shape index (κ2) is 6.12. The molecule has 0 aromatic heterocycles. The lowest BCUT2D eigenvalue weighted by atomic mass is 10.1. The molecule has 1 aromatic rings. The summed E-state index contributed by atoms with van der Waals surface area (Å²) in [5.74, 6) is -0.227. The molecule has 0 heterocycles. The Labute approximate surface area is 94.8 Å². The fraction of sp³-hybridized carbons (Fsp3) is 0.417. The van der Waals surface area contributed by atoms with Crippen molar-refractivity contribution in [1.29, 1.82) is 0 Å². The lowest BCUT2D eigenvalue weighted by molar-refractivity contribution is -0.136. The molecule has 4 heteroatoms. The molecule has 1 unspecified atom stereocenters. The fourth-order valence-electron chi connectivity index (χ4n) is 1.36. The summed E-state index contributed by atoms with van der Waals surface area (Å²) in [4.78, 5) is 10.5. The van der Waals surface area contributed by atoms with Gasteiger partial charge in [-0.2, -0.15) is 0 Å². The molecule has 0 saturated carbocycles. The van der Waals surface area contributed by atoms with E-state index in [1.54, 1.807) is 31.2 Å². The Balaban J connectivity index is 2.63. The zero-order valence-electron chi connectivity index (χ0n) is 9.47. The third-order valence-electron chi connectivity index (χ3n) is 1.96. The molecule has 1 atom stereocenters. The van der Waals surface area contributed by atoms with Gasteiger partial charge in [0.2, 0.25) is 0 Å². The van der Waals surface area contributed by atoms with Crippen LogP contribution in [-0.2, 0) is 16.0 Å². The van der Waals surface area contributed by atoms with Crippen molar-refractivity contribution in [2.24, 2.45) is 0 Å². The third-order valence-corrected chi connectivity index (χ3v) is 1.96. The molecule has 0 bridgehead atoms. The minimum absolute atomic E-state index is 0.000214. The van der Waals surface area contributed by atoms with E-state index < -0.39 is 5.97 Å². The molecule has 0 aliphatic carbocycles. The highest BCUT2D eigenvalue weighted by Crippen LogP contribution is 2.15. The largest absolute Gasteiger partial charge is 0.481 e. The van der Waals surface area contributed by atoms with Gasteiger partial charge in [-0.15, -0.1) is 0 Å². The number of aliphatic carboxylic acids is 1. The maximum atomic E-state index is 10.5. The highest BCUT2D eigenvalue weighted by atomic mass is 16.7. The van der Waals surface area contributed by atoms with E-state index >= 15 is 0 Å². The van der Waals surface area contributed by atoms with Gasteiger partial charge in [0.1, 0.15) is 5.75 Å². The van der Waals surface area contributed by atoms with Crippen molar-refractivity contribution in [3.05, 3.63) is 29.8 Å². The second-order valence-electron chi connectivity index (χ2n) is 3.36. The summed E-state index contributed by atoms with van der Waals surface area (Å²) >= 11 is 0. The molecular formula is C12H16O4. The Hall–Kier alpha value is -1.55. The Kier molecular flexibility index (Phi) is 4.79. The minimum atomic E-state index is -0.852. The lowest BCUT2D eigenvalue weighted by Gasteiger charge is -2.14. The van der Waals surface area contributed by atoms with Crippen molar-refractivity contribution >= 4 is 5.97 Å². The van der Waals surface area contributed by atoms with Crippen LogP contribution in [0.4, 0.5) is 0 Å². The van der Waals surface area contributed by atoms with Crippen molar-refractivity contribution in [2.75, 3.05) is 6.61 Å². The molecule has 0 saturated heterocycles. The van der Waals surface area contributed by atoms with Crippen molar-refractivity contribution in [1.82, 2.24) is 0 Å². The van der Waals surface area contributed by atoms with Crippen molar-refractivity contribution in [3.8, 4) is 5.75 Å². The first-order chi connectivity index (χ1) is 7.61. The Morgan fingerprint density at radius 1 is 1.50 bits per heavy atom. The molecule has 1 N–H and O–H groups in total. The first kappa shape index (κ1) is 12.5. The Morgan fingerprint density at radius 3 is 2.88 bits per heavy atom. The molecule has 1 aromatic carbocycles. The third kappa shape index (κ3) is 4.31. The number of benzene rings is 1. The molecule has 4 nitrogen and oxygen atoms in total. The standard InChI is InChI=1S/C12H16O4/c1-3-15-9(2)16-11-6-4-5-10(7-11)8-12(13)14/h4-7,9H,3,8H2,1-2H3,(H,13,14). The average Bonchev–Trinajstić information content (AvgIpc) is 2.17. The molecule has 1 rings (SSSR count). The van der Waals surface area contributed by atoms with Crippen molar-refractivity contribution in [2.45, 2.75) is 26.6 Å². The van der Waals surface area contributed by atoms with Crippen LogP contribution in [0.15, 0.2) is 24.3 Å². The Bertz CT molecular complexity index is 349. The van der Waals surface area contributed by atoms with E-state index in [4.69, 9.17) is 14.6 Å². The molecule has 0 fully saturated rings. The van der Waals surface area contributed by atoms with E-state index in [1.807, 2.05) is 6.92 Å². The highest BCUT2D eigenvalue weighted by molar-refractivity contribution is 5.70. The highest BCUT2D eigenvalue weighted by Gasteiger charge is 2.05. The van der Waals surface area contributed by atoms with Crippen LogP contribution < -0.4 is 4.74 Å². The Morgan fingerprint density at radius 2 is 2.25 bits per heavy atom. The first-order valence-electron chi connectivity index (χ1n) is 5.20. The van der Waals surface area contributed by atoms with E-state index in [1.165, 1.54) is 0 Å². The van der Waals surface area contributed by atoms with Crippen LogP contribution in [-0.4, -0.2) is 24.0 Å². The van der Waals surface area contributed by atoms with Crippen LogP contribution >= 0.6 is 0 Å². The van der Waals surface area contributed by atoms with E-state index in [2.05, 4.69) is 0 Å². The quantitative estimate of drug-likeness (QED) is 0.751. The van der Waals surface area contributed by atoms with Gasteiger partial charge in [0.05, 0.1) is 6.42 Å². The molecule has 0 aliphatic rings.